The van der Waals surface area contributed by atoms with Crippen LogP contribution < -0.4 is 0 Å². The number of rotatable bonds is 10. The highest BCUT2D eigenvalue weighted by Crippen LogP contribution is 1.93. The minimum absolute atomic E-state index is 0.208. The molecule has 0 amide bonds. The third kappa shape index (κ3) is 9.02. The number of ether oxygens (including phenoxy) is 2. The van der Waals surface area contributed by atoms with Gasteiger partial charge >= 0.3 is 5.97 Å². The maximum absolute atomic E-state index is 11.2. The molecule has 0 aromatic rings. The summed E-state index contributed by atoms with van der Waals surface area (Å²) in [6, 6.07) is 0. The van der Waals surface area contributed by atoms with Crippen molar-refractivity contribution >= 4 is 11.8 Å². The van der Waals surface area contributed by atoms with Gasteiger partial charge in [0.25, 0.3) is 0 Å². The van der Waals surface area contributed by atoms with Crippen molar-refractivity contribution in [1.29, 1.82) is 0 Å². The van der Waals surface area contributed by atoms with Crippen LogP contribution in [-0.4, -0.2) is 77.4 Å². The van der Waals surface area contributed by atoms with E-state index in [1.807, 2.05) is 0 Å². The van der Waals surface area contributed by atoms with Crippen molar-refractivity contribution in [1.82, 2.24) is 0 Å². The fourth-order valence-corrected chi connectivity index (χ4v) is 0.866. The lowest BCUT2D eigenvalue weighted by molar-refractivity contribution is -0.150. The lowest BCUT2D eigenvalue weighted by atomic mass is 10.3. The molecule has 0 fully saturated rings. The quantitative estimate of drug-likeness (QED) is 0.246. The second-order valence-electron chi connectivity index (χ2n) is 3.59. The third-order valence-electron chi connectivity index (χ3n) is 1.77. The van der Waals surface area contributed by atoms with Crippen molar-refractivity contribution in [2.24, 2.45) is 0 Å². The molecule has 0 heterocycles. The molecule has 8 nitrogen and oxygen atoms in total. The predicted octanol–water partition coefficient (Wildman–Crippen LogP) is -2.79. The smallest absolute Gasteiger partial charge is 0.313 e. The van der Waals surface area contributed by atoms with Crippen LogP contribution in [0.15, 0.2) is 0 Å². The van der Waals surface area contributed by atoms with E-state index in [9.17, 15) is 9.59 Å². The van der Waals surface area contributed by atoms with Gasteiger partial charge in [-0.15, -0.1) is 0 Å². The van der Waals surface area contributed by atoms with Gasteiger partial charge in [0.2, 0.25) is 0 Å². The predicted molar refractivity (Wildman–Crippen MR) is 57.6 cm³/mol. The average Bonchev–Trinajstić information content (AvgIpc) is 2.35. The molecule has 0 bridgehead atoms. The van der Waals surface area contributed by atoms with E-state index in [4.69, 9.17) is 25.2 Å². The molecule has 2 atom stereocenters. The maximum Gasteiger partial charge on any atom is 0.313 e. The highest BCUT2D eigenvalue weighted by atomic mass is 16.5. The van der Waals surface area contributed by atoms with E-state index < -0.39 is 43.6 Å². The fourth-order valence-electron chi connectivity index (χ4n) is 0.866. The summed E-state index contributed by atoms with van der Waals surface area (Å²) in [6.07, 6.45) is -2.75. The molecule has 0 rings (SSSR count). The number of Topliss-reactive ketones (excluding diaryl/α,β-unsaturated/α-hetero) is 1. The first-order chi connectivity index (χ1) is 8.49. The Morgan fingerprint density at radius 2 is 1.56 bits per heavy atom. The van der Waals surface area contributed by atoms with Gasteiger partial charge in [-0.1, -0.05) is 0 Å². The van der Waals surface area contributed by atoms with E-state index >= 15 is 0 Å². The fraction of sp³-hybridized carbons (Fsp3) is 0.800. The zero-order valence-corrected chi connectivity index (χ0v) is 9.82. The van der Waals surface area contributed by atoms with Crippen molar-refractivity contribution in [3.8, 4) is 0 Å². The summed E-state index contributed by atoms with van der Waals surface area (Å²) in [5.41, 5.74) is 0. The Kier molecular flexibility index (Phi) is 9.33. The zero-order chi connectivity index (χ0) is 14.0. The lowest BCUT2D eigenvalue weighted by Crippen LogP contribution is -2.25. The monoisotopic (exact) mass is 266 g/mol. The molecular formula is C10H18O8. The van der Waals surface area contributed by atoms with Crippen molar-refractivity contribution < 1.29 is 39.5 Å². The molecule has 8 heteroatoms. The zero-order valence-electron chi connectivity index (χ0n) is 9.82. The Morgan fingerprint density at radius 1 is 1.00 bits per heavy atom. The van der Waals surface area contributed by atoms with Crippen molar-refractivity contribution in [3.63, 3.8) is 0 Å². The highest BCUT2D eigenvalue weighted by Gasteiger charge is 2.13. The lowest BCUT2D eigenvalue weighted by Gasteiger charge is -2.09. The van der Waals surface area contributed by atoms with Crippen LogP contribution >= 0.6 is 0 Å². The molecule has 106 valence electrons. The van der Waals surface area contributed by atoms with Gasteiger partial charge in [-0.05, 0) is 0 Å². The topological polar surface area (TPSA) is 134 Å². The first-order valence-corrected chi connectivity index (χ1v) is 5.32. The number of aliphatic hydroxyl groups is 4. The van der Waals surface area contributed by atoms with Crippen LogP contribution in [0.25, 0.3) is 0 Å². The summed E-state index contributed by atoms with van der Waals surface area (Å²) in [4.78, 5) is 22.2. The van der Waals surface area contributed by atoms with E-state index in [1.54, 1.807) is 0 Å². The summed E-state index contributed by atoms with van der Waals surface area (Å²) in [5, 5.41) is 34.7. The van der Waals surface area contributed by atoms with Crippen LogP contribution in [0.3, 0.4) is 0 Å². The summed E-state index contributed by atoms with van der Waals surface area (Å²) >= 11 is 0. The van der Waals surface area contributed by atoms with Gasteiger partial charge in [0.05, 0.1) is 19.8 Å². The molecular weight excluding hydrogens is 248 g/mol. The molecule has 0 aliphatic carbocycles. The first-order valence-electron chi connectivity index (χ1n) is 5.32. The molecule has 2 unspecified atom stereocenters. The standard InChI is InChI=1S/C10H18O8/c11-2-8(14)5-17-4-7(13)1-10(16)18-6-9(15)3-12/h8-9,11-12,14-15H,1-6H2. The van der Waals surface area contributed by atoms with Crippen molar-refractivity contribution in [3.05, 3.63) is 0 Å². The van der Waals surface area contributed by atoms with Crippen LogP contribution in [0.4, 0.5) is 0 Å². The van der Waals surface area contributed by atoms with E-state index in [0.29, 0.717) is 0 Å². The molecule has 0 radical (unpaired) electrons. The van der Waals surface area contributed by atoms with Gasteiger partial charge in [-0.2, -0.15) is 0 Å². The number of carbonyl (C=O) groups excluding carboxylic acids is 2. The highest BCUT2D eigenvalue weighted by molar-refractivity contribution is 5.96. The van der Waals surface area contributed by atoms with E-state index in [1.165, 1.54) is 0 Å². The Bertz CT molecular complexity index is 254. The van der Waals surface area contributed by atoms with Gasteiger partial charge in [-0.25, -0.2) is 0 Å². The normalized spacial score (nSPS) is 14.0. The number of aliphatic hydroxyl groups excluding tert-OH is 4. The number of esters is 1. The minimum Gasteiger partial charge on any atom is -0.462 e. The first kappa shape index (κ1) is 16.9. The molecule has 0 spiro atoms. The second kappa shape index (κ2) is 9.92. The van der Waals surface area contributed by atoms with Gasteiger partial charge in [0.15, 0.2) is 5.78 Å². The van der Waals surface area contributed by atoms with E-state index in [0.717, 1.165) is 0 Å². The summed E-state index contributed by atoms with van der Waals surface area (Å²) in [7, 11) is 0. The number of hydrogen-bond acceptors (Lipinski definition) is 8. The largest absolute Gasteiger partial charge is 0.462 e. The molecule has 0 saturated carbocycles. The molecule has 0 saturated heterocycles. The molecule has 0 aliphatic rings. The Hall–Kier alpha value is -1.06. The Labute approximate surface area is 104 Å². The number of carbonyl (C=O) groups is 2. The summed E-state index contributed by atoms with van der Waals surface area (Å²) in [6.45, 7) is -1.99. The van der Waals surface area contributed by atoms with Crippen molar-refractivity contribution in [2.45, 2.75) is 18.6 Å². The van der Waals surface area contributed by atoms with Gasteiger partial charge < -0.3 is 29.9 Å². The Balaban J connectivity index is 3.64. The van der Waals surface area contributed by atoms with Crippen LogP contribution in [0.2, 0.25) is 0 Å². The third-order valence-corrected chi connectivity index (χ3v) is 1.77. The average molecular weight is 266 g/mol. The van der Waals surface area contributed by atoms with E-state index in [-0.39, 0.29) is 19.8 Å². The van der Waals surface area contributed by atoms with E-state index in [2.05, 4.69) is 4.74 Å². The van der Waals surface area contributed by atoms with Crippen LogP contribution in [0.1, 0.15) is 6.42 Å². The maximum atomic E-state index is 11.2. The van der Waals surface area contributed by atoms with Crippen LogP contribution in [0.5, 0.6) is 0 Å². The summed E-state index contributed by atoms with van der Waals surface area (Å²) in [5.74, 6) is -1.39. The van der Waals surface area contributed by atoms with Gasteiger partial charge in [0, 0.05) is 0 Å². The van der Waals surface area contributed by atoms with Crippen molar-refractivity contribution in [2.75, 3.05) is 33.0 Å². The molecule has 0 aromatic heterocycles. The molecule has 4 N–H and O–H groups in total. The van der Waals surface area contributed by atoms with Crippen LogP contribution in [-0.2, 0) is 19.1 Å². The number of hydrogen-bond donors (Lipinski definition) is 4. The molecule has 18 heavy (non-hydrogen) atoms. The minimum atomic E-state index is -1.17. The second-order valence-corrected chi connectivity index (χ2v) is 3.59. The Morgan fingerprint density at radius 3 is 2.11 bits per heavy atom. The summed E-state index contributed by atoms with van der Waals surface area (Å²) < 4.78 is 9.24. The van der Waals surface area contributed by atoms with Gasteiger partial charge in [-0.3, -0.25) is 9.59 Å². The van der Waals surface area contributed by atoms with Crippen LogP contribution in [0, 0.1) is 0 Å². The molecule has 0 aliphatic heterocycles. The molecule has 0 aromatic carbocycles. The SMILES string of the molecule is O=C(COCC(O)CO)CC(=O)OCC(O)CO. The number of ketones is 1. The van der Waals surface area contributed by atoms with Gasteiger partial charge in [0.1, 0.15) is 31.8 Å².